The Balaban J connectivity index is 4.21. The zero-order chi connectivity index (χ0) is 57.8. The molecule has 0 amide bonds. The van der Waals surface area contributed by atoms with Gasteiger partial charge in [-0.2, -0.15) is 0 Å². The van der Waals surface area contributed by atoms with Crippen LogP contribution in [0, 0.1) is 0 Å². The van der Waals surface area contributed by atoms with Gasteiger partial charge in [0.1, 0.15) is 13.2 Å². The molecule has 0 aromatic carbocycles. The lowest BCUT2D eigenvalue weighted by Gasteiger charge is -2.18. The minimum absolute atomic E-state index is 0.0737. The van der Waals surface area contributed by atoms with Gasteiger partial charge in [-0.05, 0) is 103 Å². The van der Waals surface area contributed by atoms with Gasteiger partial charge >= 0.3 is 17.9 Å². The van der Waals surface area contributed by atoms with E-state index in [1.807, 2.05) is 0 Å². The summed E-state index contributed by atoms with van der Waals surface area (Å²) >= 11 is 0. The Bertz CT molecular complexity index is 1380. The second-order valence-corrected chi connectivity index (χ2v) is 24.1. The summed E-state index contributed by atoms with van der Waals surface area (Å²) in [5.74, 6) is -0.862. The van der Waals surface area contributed by atoms with E-state index in [1.165, 1.54) is 276 Å². The molecule has 468 valence electrons. The highest BCUT2D eigenvalue weighted by Crippen LogP contribution is 2.18. The first-order chi connectivity index (χ1) is 39.5. The second-order valence-electron chi connectivity index (χ2n) is 24.1. The molecule has 0 saturated carbocycles. The lowest BCUT2D eigenvalue weighted by molar-refractivity contribution is -0.167. The van der Waals surface area contributed by atoms with Crippen LogP contribution in [-0.2, 0) is 28.6 Å². The molecule has 0 bridgehead atoms. The zero-order valence-corrected chi connectivity index (χ0v) is 53.9. The largest absolute Gasteiger partial charge is 0.462 e. The number of ether oxygens (including phenoxy) is 3. The summed E-state index contributed by atoms with van der Waals surface area (Å²) in [6.07, 6.45) is 87.1. The van der Waals surface area contributed by atoms with Crippen molar-refractivity contribution in [3.63, 3.8) is 0 Å². The van der Waals surface area contributed by atoms with Gasteiger partial charge in [0.05, 0.1) is 0 Å². The van der Waals surface area contributed by atoms with E-state index < -0.39 is 6.10 Å². The maximum absolute atomic E-state index is 12.9. The summed E-state index contributed by atoms with van der Waals surface area (Å²) in [4.78, 5) is 38.4. The van der Waals surface area contributed by atoms with Gasteiger partial charge in [0, 0.05) is 19.3 Å². The van der Waals surface area contributed by atoms with Crippen LogP contribution in [0.25, 0.3) is 0 Å². The molecular formula is C74H136O6. The van der Waals surface area contributed by atoms with Crippen LogP contribution in [0.5, 0.6) is 0 Å². The number of carbonyl (C=O) groups excluding carboxylic acids is 3. The van der Waals surface area contributed by atoms with Crippen molar-refractivity contribution >= 4 is 17.9 Å². The maximum Gasteiger partial charge on any atom is 0.306 e. The van der Waals surface area contributed by atoms with Crippen LogP contribution < -0.4 is 0 Å². The normalized spacial score (nSPS) is 12.3. The van der Waals surface area contributed by atoms with Crippen LogP contribution in [0.2, 0.25) is 0 Å². The van der Waals surface area contributed by atoms with E-state index in [2.05, 4.69) is 69.4 Å². The predicted molar refractivity (Wildman–Crippen MR) is 349 cm³/mol. The minimum Gasteiger partial charge on any atom is -0.462 e. The predicted octanol–water partition coefficient (Wildman–Crippen LogP) is 24.5. The molecule has 0 aliphatic heterocycles. The third-order valence-electron chi connectivity index (χ3n) is 16.0. The van der Waals surface area contributed by atoms with Crippen LogP contribution in [0.4, 0.5) is 0 Å². The molecule has 0 aromatic heterocycles. The summed E-state index contributed by atoms with van der Waals surface area (Å²) < 4.78 is 17.0. The van der Waals surface area contributed by atoms with Crippen molar-refractivity contribution in [3.05, 3.63) is 48.6 Å². The van der Waals surface area contributed by atoms with Crippen LogP contribution in [-0.4, -0.2) is 37.2 Å². The topological polar surface area (TPSA) is 78.9 Å². The molecule has 80 heavy (non-hydrogen) atoms. The molecular weight excluding hydrogens is 985 g/mol. The van der Waals surface area contributed by atoms with Crippen molar-refractivity contribution < 1.29 is 28.6 Å². The lowest BCUT2D eigenvalue weighted by Crippen LogP contribution is -2.30. The first kappa shape index (κ1) is 77.4. The number of unbranched alkanes of at least 4 members (excludes halogenated alkanes) is 47. The van der Waals surface area contributed by atoms with Gasteiger partial charge in [-0.25, -0.2) is 0 Å². The van der Waals surface area contributed by atoms with Gasteiger partial charge < -0.3 is 14.2 Å². The lowest BCUT2D eigenvalue weighted by atomic mass is 10.0. The number of hydrogen-bond acceptors (Lipinski definition) is 6. The van der Waals surface area contributed by atoms with Crippen molar-refractivity contribution in [2.75, 3.05) is 13.2 Å². The van der Waals surface area contributed by atoms with Crippen molar-refractivity contribution in [1.29, 1.82) is 0 Å². The van der Waals surface area contributed by atoms with E-state index in [1.54, 1.807) is 0 Å². The molecule has 0 spiro atoms. The van der Waals surface area contributed by atoms with E-state index >= 15 is 0 Å². The van der Waals surface area contributed by atoms with E-state index in [0.717, 1.165) is 70.6 Å². The SMILES string of the molecule is CCCCC/C=C\C/C=C\CCCCCCCCCCCC(=O)OC(COC(=O)CCCCCCC/C=C\CCCCCCC)COC(=O)CCCCCCCCCCCCCCCCCCC/C=C\CCCCCCCCCC. The van der Waals surface area contributed by atoms with Crippen LogP contribution in [0.15, 0.2) is 48.6 Å². The van der Waals surface area contributed by atoms with Crippen molar-refractivity contribution in [2.45, 2.75) is 393 Å². The van der Waals surface area contributed by atoms with Crippen molar-refractivity contribution in [2.24, 2.45) is 0 Å². The van der Waals surface area contributed by atoms with Gasteiger partial charge in [-0.15, -0.1) is 0 Å². The fourth-order valence-corrected chi connectivity index (χ4v) is 10.6. The molecule has 0 N–H and O–H groups in total. The Hall–Kier alpha value is -2.63. The molecule has 0 rings (SSSR count). The number of allylic oxidation sites excluding steroid dienone is 8. The average Bonchev–Trinajstić information content (AvgIpc) is 3.46. The Labute approximate surface area is 498 Å². The highest BCUT2D eigenvalue weighted by molar-refractivity contribution is 5.71. The average molecular weight is 1120 g/mol. The van der Waals surface area contributed by atoms with Crippen molar-refractivity contribution in [3.8, 4) is 0 Å². The van der Waals surface area contributed by atoms with Gasteiger partial charge in [0.15, 0.2) is 6.10 Å². The zero-order valence-electron chi connectivity index (χ0n) is 53.9. The standard InChI is InChI=1S/C74H136O6/c1-4-7-10-13-16-19-22-25-28-30-32-33-34-35-36-37-38-39-40-41-43-44-46-49-52-55-58-61-64-67-73(76)79-70-71(69-78-72(75)66-63-60-57-54-51-48-27-24-21-18-15-12-9-6-3)80-74(77)68-65-62-59-56-53-50-47-45-42-31-29-26-23-20-17-14-11-8-5-2/h17,20,24,26-27,29-30,32,71H,4-16,18-19,21-23,25,28,31,33-70H2,1-3H3/b20-17-,27-24-,29-26-,32-30-. The van der Waals surface area contributed by atoms with Crippen molar-refractivity contribution in [1.82, 2.24) is 0 Å². The second kappa shape index (κ2) is 68.9. The summed E-state index contributed by atoms with van der Waals surface area (Å²) in [6.45, 7) is 6.66. The summed E-state index contributed by atoms with van der Waals surface area (Å²) in [5.41, 5.74) is 0. The van der Waals surface area contributed by atoms with Gasteiger partial charge in [0.25, 0.3) is 0 Å². The highest BCUT2D eigenvalue weighted by Gasteiger charge is 2.19. The molecule has 0 aliphatic rings. The quantitative estimate of drug-likeness (QED) is 0.0261. The molecule has 0 saturated heterocycles. The van der Waals surface area contributed by atoms with Gasteiger partial charge in [0.2, 0.25) is 0 Å². The number of carbonyl (C=O) groups is 3. The Morgan fingerprint density at radius 3 is 0.725 bits per heavy atom. The molecule has 0 heterocycles. The fraction of sp³-hybridized carbons (Fsp3) is 0.851. The minimum atomic E-state index is -0.779. The summed E-state index contributed by atoms with van der Waals surface area (Å²) in [7, 11) is 0. The molecule has 1 unspecified atom stereocenters. The molecule has 0 aliphatic carbocycles. The summed E-state index contributed by atoms with van der Waals surface area (Å²) in [5, 5.41) is 0. The third kappa shape index (κ3) is 66.2. The van der Waals surface area contributed by atoms with Crippen LogP contribution in [0.1, 0.15) is 387 Å². The molecule has 0 aromatic rings. The van der Waals surface area contributed by atoms with E-state index in [9.17, 15) is 14.4 Å². The van der Waals surface area contributed by atoms with Gasteiger partial charge in [-0.3, -0.25) is 14.4 Å². The first-order valence-corrected chi connectivity index (χ1v) is 35.6. The first-order valence-electron chi connectivity index (χ1n) is 35.6. The van der Waals surface area contributed by atoms with Gasteiger partial charge in [-0.1, -0.05) is 313 Å². The smallest absolute Gasteiger partial charge is 0.306 e. The number of rotatable bonds is 66. The fourth-order valence-electron chi connectivity index (χ4n) is 10.6. The number of hydrogen-bond donors (Lipinski definition) is 0. The highest BCUT2D eigenvalue weighted by atomic mass is 16.6. The Morgan fingerprint density at radius 1 is 0.250 bits per heavy atom. The monoisotopic (exact) mass is 1120 g/mol. The molecule has 0 fully saturated rings. The molecule has 1 atom stereocenters. The number of esters is 3. The Kier molecular flexibility index (Phi) is 66.6. The maximum atomic E-state index is 12.9. The van der Waals surface area contributed by atoms with Crippen LogP contribution >= 0.6 is 0 Å². The molecule has 0 radical (unpaired) electrons. The molecule has 6 heteroatoms. The van der Waals surface area contributed by atoms with Crippen LogP contribution in [0.3, 0.4) is 0 Å². The van der Waals surface area contributed by atoms with E-state index in [0.29, 0.717) is 19.3 Å². The van der Waals surface area contributed by atoms with E-state index in [-0.39, 0.29) is 31.1 Å². The molecule has 6 nitrogen and oxygen atoms in total. The van der Waals surface area contributed by atoms with E-state index in [4.69, 9.17) is 14.2 Å². The summed E-state index contributed by atoms with van der Waals surface area (Å²) in [6, 6.07) is 0. The Morgan fingerprint density at radius 2 is 0.450 bits per heavy atom. The third-order valence-corrected chi connectivity index (χ3v) is 16.0.